The molecule has 0 amide bonds. The normalized spacial score (nSPS) is 23.5. The Bertz CT molecular complexity index is 1050. The van der Waals surface area contributed by atoms with Crippen LogP contribution in [0.5, 0.6) is 0 Å². The van der Waals surface area contributed by atoms with Gasteiger partial charge in [0.15, 0.2) is 6.10 Å². The molecule has 1 aliphatic rings. The summed E-state index contributed by atoms with van der Waals surface area (Å²) in [5, 5.41) is 49.9. The smallest absolute Gasteiger partial charge is 0.462 e. The maximum absolute atomic E-state index is 12.7. The van der Waals surface area contributed by atoms with Crippen molar-refractivity contribution in [2.24, 2.45) is 0 Å². The maximum Gasteiger partial charge on any atom is 0.472 e. The fourth-order valence-corrected chi connectivity index (χ4v) is 7.23. The van der Waals surface area contributed by atoms with Crippen molar-refractivity contribution in [2.45, 2.75) is 204 Å². The Morgan fingerprint density at radius 2 is 1.06 bits per heavy atom. The Labute approximate surface area is 324 Å². The van der Waals surface area contributed by atoms with Gasteiger partial charge in [0, 0.05) is 12.5 Å². The van der Waals surface area contributed by atoms with E-state index in [1.807, 2.05) is 6.08 Å². The van der Waals surface area contributed by atoms with Gasteiger partial charge in [-0.1, -0.05) is 154 Å². The highest BCUT2D eigenvalue weighted by Crippen LogP contribution is 2.47. The van der Waals surface area contributed by atoms with Crippen LogP contribution >= 0.6 is 7.82 Å². The molecule has 13 nitrogen and oxygen atoms in total. The lowest BCUT2D eigenvalue weighted by molar-refractivity contribution is -0.220. The fraction of sp³-hybridized carbons (Fsp3) is 0.850. The number of esters is 2. The summed E-state index contributed by atoms with van der Waals surface area (Å²) in [5.41, 5.74) is 0. The molecule has 8 atom stereocenters. The molecule has 6 N–H and O–H groups in total. The van der Waals surface area contributed by atoms with Gasteiger partial charge in [0.2, 0.25) is 0 Å². The first kappa shape index (κ1) is 50.3. The molecule has 0 bridgehead atoms. The highest BCUT2D eigenvalue weighted by Gasteiger charge is 2.51. The number of rotatable bonds is 33. The second-order valence-electron chi connectivity index (χ2n) is 14.6. The van der Waals surface area contributed by atoms with Crippen LogP contribution in [0.4, 0.5) is 0 Å². The van der Waals surface area contributed by atoms with Crippen LogP contribution < -0.4 is 0 Å². The molecule has 0 saturated heterocycles. The quantitative estimate of drug-likeness (QED) is 0.0132. The van der Waals surface area contributed by atoms with Crippen molar-refractivity contribution in [3.8, 4) is 0 Å². The predicted octanol–water partition coefficient (Wildman–Crippen LogP) is 6.89. The number of hydrogen-bond donors (Lipinski definition) is 6. The molecular formula is C40H73O13P. The van der Waals surface area contributed by atoms with E-state index in [4.69, 9.17) is 18.5 Å². The number of aliphatic hydroxyl groups excluding tert-OH is 5. The van der Waals surface area contributed by atoms with Gasteiger partial charge >= 0.3 is 19.8 Å². The number of phosphoric acid groups is 1. The van der Waals surface area contributed by atoms with Gasteiger partial charge in [0.1, 0.15) is 43.2 Å². The van der Waals surface area contributed by atoms with E-state index in [2.05, 4.69) is 13.8 Å². The van der Waals surface area contributed by atoms with E-state index in [-0.39, 0.29) is 6.42 Å². The van der Waals surface area contributed by atoms with Crippen LogP contribution in [0.3, 0.4) is 0 Å². The van der Waals surface area contributed by atoms with Crippen LogP contribution in [0, 0.1) is 0 Å². The number of carbonyl (C=O) groups excluding carboxylic acids is 2. The van der Waals surface area contributed by atoms with Crippen molar-refractivity contribution in [3.05, 3.63) is 24.3 Å². The van der Waals surface area contributed by atoms with Crippen LogP contribution in [0.25, 0.3) is 0 Å². The first-order valence-electron chi connectivity index (χ1n) is 20.7. The summed E-state index contributed by atoms with van der Waals surface area (Å²) >= 11 is 0. The van der Waals surface area contributed by atoms with Crippen LogP contribution in [0.1, 0.15) is 162 Å². The Hall–Kier alpha value is -1.67. The summed E-state index contributed by atoms with van der Waals surface area (Å²) < 4.78 is 33.2. The summed E-state index contributed by atoms with van der Waals surface area (Å²) in [7, 11) is -5.13. The Morgan fingerprint density at radius 3 is 1.56 bits per heavy atom. The third-order valence-corrected chi connectivity index (χ3v) is 10.6. The lowest BCUT2D eigenvalue weighted by Crippen LogP contribution is -2.64. The highest BCUT2D eigenvalue weighted by atomic mass is 31.2. The van der Waals surface area contributed by atoms with Crippen molar-refractivity contribution < 1.29 is 63.1 Å². The van der Waals surface area contributed by atoms with Crippen LogP contribution in [-0.4, -0.2) is 98.3 Å². The Morgan fingerprint density at radius 1 is 0.611 bits per heavy atom. The van der Waals surface area contributed by atoms with Crippen molar-refractivity contribution in [1.29, 1.82) is 0 Å². The fourth-order valence-electron chi connectivity index (χ4n) is 6.25. The van der Waals surface area contributed by atoms with Crippen LogP contribution in [0.15, 0.2) is 24.3 Å². The molecule has 54 heavy (non-hydrogen) atoms. The third-order valence-electron chi connectivity index (χ3n) is 9.65. The number of hydrogen-bond acceptors (Lipinski definition) is 12. The number of allylic oxidation sites excluding steroid dienone is 3. The van der Waals surface area contributed by atoms with Crippen LogP contribution in [0.2, 0.25) is 0 Å². The summed E-state index contributed by atoms with van der Waals surface area (Å²) in [4.78, 5) is 35.3. The second-order valence-corrected chi connectivity index (χ2v) is 16.0. The molecule has 0 aromatic carbocycles. The molecule has 0 radical (unpaired) electrons. The van der Waals surface area contributed by atoms with Gasteiger partial charge in [0.25, 0.3) is 0 Å². The zero-order valence-electron chi connectivity index (χ0n) is 33.0. The third kappa shape index (κ3) is 24.1. The first-order chi connectivity index (χ1) is 25.9. The lowest BCUT2D eigenvalue weighted by Gasteiger charge is -2.41. The monoisotopic (exact) mass is 792 g/mol. The molecule has 0 spiro atoms. The number of unbranched alkanes of at least 4 members (excludes halogenated alkanes) is 20. The molecule has 1 rings (SSSR count). The van der Waals surface area contributed by atoms with Crippen molar-refractivity contribution >= 4 is 19.8 Å². The standard InChI is InChI=1S/C40H73O13P/c1-3-5-7-9-11-13-15-16-17-18-19-21-23-25-27-29-34(42)52-32(30-50-33(41)28-26-24-22-20-14-12-10-8-6-4-2)31-51-54(48,49)53-40-38(46)36(44)35(43)37(45)39(40)47/h23,25,27,29,32,35-40,43-47H,3-22,24,26,28,30-31H2,1-2H3,(H,48,49)/b25-23+,29-27+/t32-,35?,36-,37?,38?,39?,40?/m1/s1. The van der Waals surface area contributed by atoms with Crippen LogP contribution in [-0.2, 0) is 32.7 Å². The summed E-state index contributed by atoms with van der Waals surface area (Å²) in [6.07, 6.45) is 18.9. The number of phosphoric ester groups is 1. The molecule has 0 aromatic heterocycles. The van der Waals surface area contributed by atoms with Gasteiger partial charge in [-0.05, 0) is 19.3 Å². The summed E-state index contributed by atoms with van der Waals surface area (Å²) in [5.74, 6) is -1.35. The SMILES string of the molecule is CCCCCCCCCCCCC/C=C/C=C/C(=O)O[C@H](COC(=O)CCCCCCCCCCCC)COP(=O)(O)OC1C(O)C(O)C(O)[C@@H](O)C1O. The van der Waals surface area contributed by atoms with Gasteiger partial charge in [-0.25, -0.2) is 9.36 Å². The molecule has 1 aliphatic carbocycles. The molecule has 0 aliphatic heterocycles. The number of aliphatic hydroxyl groups is 5. The molecule has 316 valence electrons. The van der Waals surface area contributed by atoms with Crippen molar-refractivity contribution in [2.75, 3.05) is 13.2 Å². The molecule has 0 aromatic rings. The number of carbonyl (C=O) groups is 2. The second kappa shape index (κ2) is 31.4. The maximum atomic E-state index is 12.7. The van der Waals surface area contributed by atoms with Crippen molar-refractivity contribution in [1.82, 2.24) is 0 Å². The molecule has 0 heterocycles. The largest absolute Gasteiger partial charge is 0.472 e. The van der Waals surface area contributed by atoms with Gasteiger partial charge in [-0.15, -0.1) is 0 Å². The average Bonchev–Trinajstić information content (AvgIpc) is 3.15. The van der Waals surface area contributed by atoms with Gasteiger partial charge in [-0.3, -0.25) is 13.8 Å². The summed E-state index contributed by atoms with van der Waals surface area (Å²) in [6, 6.07) is 0. The Balaban J connectivity index is 2.57. The van der Waals surface area contributed by atoms with E-state index in [9.17, 15) is 44.6 Å². The zero-order valence-corrected chi connectivity index (χ0v) is 33.9. The predicted molar refractivity (Wildman–Crippen MR) is 207 cm³/mol. The Kier molecular flexibility index (Phi) is 29.3. The average molecular weight is 793 g/mol. The first-order valence-corrected chi connectivity index (χ1v) is 22.2. The molecule has 6 unspecified atom stereocenters. The van der Waals surface area contributed by atoms with E-state index in [0.29, 0.717) is 6.42 Å². The van der Waals surface area contributed by atoms with E-state index >= 15 is 0 Å². The zero-order chi connectivity index (χ0) is 40.0. The van der Waals surface area contributed by atoms with E-state index in [1.54, 1.807) is 6.08 Å². The minimum atomic E-state index is -5.13. The van der Waals surface area contributed by atoms with Crippen molar-refractivity contribution in [3.63, 3.8) is 0 Å². The van der Waals surface area contributed by atoms with Gasteiger partial charge in [0.05, 0.1) is 6.61 Å². The molecule has 1 saturated carbocycles. The topological polar surface area (TPSA) is 210 Å². The van der Waals surface area contributed by atoms with E-state index < -0.39 is 75.7 Å². The molecule has 1 fully saturated rings. The van der Waals surface area contributed by atoms with E-state index in [0.717, 1.165) is 44.6 Å². The number of ether oxygens (including phenoxy) is 2. The molecular weight excluding hydrogens is 719 g/mol. The van der Waals surface area contributed by atoms with Gasteiger partial charge < -0.3 is 39.9 Å². The highest BCUT2D eigenvalue weighted by molar-refractivity contribution is 7.47. The summed E-state index contributed by atoms with van der Waals surface area (Å²) in [6.45, 7) is 3.16. The minimum absolute atomic E-state index is 0.150. The lowest BCUT2D eigenvalue weighted by atomic mass is 9.85. The van der Waals surface area contributed by atoms with Gasteiger partial charge in [-0.2, -0.15) is 0 Å². The molecule has 14 heteroatoms. The van der Waals surface area contributed by atoms with E-state index in [1.165, 1.54) is 102 Å². The minimum Gasteiger partial charge on any atom is -0.462 e.